The number of ether oxygens (including phenoxy) is 1. The summed E-state index contributed by atoms with van der Waals surface area (Å²) in [5, 5.41) is 0. The van der Waals surface area contributed by atoms with Crippen LogP contribution in [0.3, 0.4) is 0 Å². The average molecular weight is 390 g/mol. The van der Waals surface area contributed by atoms with Gasteiger partial charge in [-0.3, -0.25) is 4.79 Å². The molecule has 4 atom stereocenters. The van der Waals surface area contributed by atoms with E-state index in [1.165, 1.54) is 16.7 Å². The number of rotatable bonds is 6. The Hall–Kier alpha value is -2.39. The van der Waals surface area contributed by atoms with Gasteiger partial charge in [-0.25, -0.2) is 0 Å². The Kier molecular flexibility index (Phi) is 5.35. The number of carbonyl (C=O) groups excluding carboxylic acids is 1. The highest BCUT2D eigenvalue weighted by Crippen LogP contribution is 2.49. The van der Waals surface area contributed by atoms with E-state index in [0.717, 1.165) is 12.8 Å². The Balaban J connectivity index is 1.62. The Bertz CT molecular complexity index is 889. The zero-order valence-corrected chi connectivity index (χ0v) is 17.7. The van der Waals surface area contributed by atoms with E-state index < -0.39 is 5.72 Å². The maximum atomic E-state index is 13.9. The molecule has 0 spiro atoms. The summed E-state index contributed by atoms with van der Waals surface area (Å²) >= 11 is 0. The highest BCUT2D eigenvalue weighted by molar-refractivity contribution is 5.81. The van der Waals surface area contributed by atoms with Crippen LogP contribution >= 0.6 is 0 Å². The summed E-state index contributed by atoms with van der Waals surface area (Å²) in [7, 11) is 0. The number of carbonyl (C=O) groups is 1. The van der Waals surface area contributed by atoms with Gasteiger partial charge in [0.05, 0.1) is 12.1 Å². The van der Waals surface area contributed by atoms with Gasteiger partial charge >= 0.3 is 0 Å². The van der Waals surface area contributed by atoms with Crippen molar-refractivity contribution < 1.29 is 9.53 Å². The van der Waals surface area contributed by atoms with Crippen LogP contribution in [0.15, 0.2) is 67.3 Å². The predicted octanol–water partition coefficient (Wildman–Crippen LogP) is 5.63. The third kappa shape index (κ3) is 3.64. The molecule has 1 saturated heterocycles. The molecule has 1 fully saturated rings. The van der Waals surface area contributed by atoms with Gasteiger partial charge in [0.15, 0.2) is 0 Å². The van der Waals surface area contributed by atoms with Crippen LogP contribution in [0.5, 0.6) is 0 Å². The number of fused-ring (bicyclic) bond motifs is 3. The van der Waals surface area contributed by atoms with Crippen LogP contribution in [0.25, 0.3) is 0 Å². The molecule has 1 aliphatic carbocycles. The molecule has 0 saturated carbocycles. The zero-order valence-electron chi connectivity index (χ0n) is 17.7. The Morgan fingerprint density at radius 3 is 2.62 bits per heavy atom. The van der Waals surface area contributed by atoms with Crippen molar-refractivity contribution in [2.45, 2.75) is 63.8 Å². The van der Waals surface area contributed by atoms with Gasteiger partial charge in [0.2, 0.25) is 5.91 Å². The number of hydrogen-bond donors (Lipinski definition) is 0. The van der Waals surface area contributed by atoms with Gasteiger partial charge < -0.3 is 9.64 Å². The summed E-state index contributed by atoms with van der Waals surface area (Å²) in [6.07, 6.45) is 4.29. The van der Waals surface area contributed by atoms with Crippen molar-refractivity contribution in [3.63, 3.8) is 0 Å². The second-order valence-electron chi connectivity index (χ2n) is 8.93. The molecule has 0 radical (unpaired) electrons. The summed E-state index contributed by atoms with van der Waals surface area (Å²) in [6.45, 7) is 10.2. The summed E-state index contributed by atoms with van der Waals surface area (Å²) in [6, 6.07) is 18.9. The van der Waals surface area contributed by atoms with Gasteiger partial charge in [-0.05, 0) is 49.3 Å². The lowest BCUT2D eigenvalue weighted by Crippen LogP contribution is -2.47. The molecule has 0 unspecified atom stereocenters. The van der Waals surface area contributed by atoms with E-state index in [0.29, 0.717) is 12.3 Å². The standard InChI is InChI=1S/C26H31NO2/c1-5-11-21(16-18(2)19-12-7-6-8-13-19)25(28)27-24-22-15-10-9-14-20(22)17-23(24)29-26(27,3)4/h5-10,12-15,18,21,23-24H,1,11,16-17H2,2-4H3/t18-,21+,23-,24+/m1/s1. The van der Waals surface area contributed by atoms with E-state index in [2.05, 4.69) is 62.0 Å². The van der Waals surface area contributed by atoms with Crippen molar-refractivity contribution in [2.75, 3.05) is 0 Å². The van der Waals surface area contributed by atoms with Crippen molar-refractivity contribution in [1.82, 2.24) is 4.90 Å². The Labute approximate surface area is 174 Å². The van der Waals surface area contributed by atoms with E-state index >= 15 is 0 Å². The monoisotopic (exact) mass is 389 g/mol. The smallest absolute Gasteiger partial charge is 0.228 e. The summed E-state index contributed by atoms with van der Waals surface area (Å²) in [5.41, 5.74) is 3.21. The molecule has 152 valence electrons. The SMILES string of the molecule is C=CC[C@@H](C[C@@H](C)c1ccccc1)C(=O)N1[C@H]2c3ccccc3C[C@H]2OC1(C)C. The molecular weight excluding hydrogens is 358 g/mol. The van der Waals surface area contributed by atoms with Crippen LogP contribution in [0.1, 0.15) is 62.3 Å². The zero-order chi connectivity index (χ0) is 20.6. The van der Waals surface area contributed by atoms with Crippen LogP contribution in [0.4, 0.5) is 0 Å². The summed E-state index contributed by atoms with van der Waals surface area (Å²) in [5.74, 6) is 0.391. The second-order valence-corrected chi connectivity index (χ2v) is 8.93. The van der Waals surface area contributed by atoms with Crippen molar-refractivity contribution in [3.05, 3.63) is 83.9 Å². The summed E-state index contributed by atoms with van der Waals surface area (Å²) < 4.78 is 6.39. The van der Waals surface area contributed by atoms with E-state index in [9.17, 15) is 4.79 Å². The van der Waals surface area contributed by atoms with Crippen molar-refractivity contribution >= 4 is 5.91 Å². The lowest BCUT2D eigenvalue weighted by molar-refractivity contribution is -0.152. The molecule has 0 aromatic heterocycles. The van der Waals surface area contributed by atoms with Gasteiger partial charge in [0, 0.05) is 12.3 Å². The molecule has 0 N–H and O–H groups in total. The molecule has 2 aromatic rings. The van der Waals surface area contributed by atoms with E-state index in [4.69, 9.17) is 4.74 Å². The van der Waals surface area contributed by atoms with Crippen LogP contribution in [0.2, 0.25) is 0 Å². The minimum atomic E-state index is -0.602. The highest BCUT2D eigenvalue weighted by Gasteiger charge is 2.54. The first-order valence-corrected chi connectivity index (χ1v) is 10.7. The average Bonchev–Trinajstić information content (AvgIpc) is 3.18. The fourth-order valence-corrected chi connectivity index (χ4v) is 5.15. The first-order valence-electron chi connectivity index (χ1n) is 10.7. The molecule has 29 heavy (non-hydrogen) atoms. The minimum absolute atomic E-state index is 0.00745. The normalized spacial score (nSPS) is 23.9. The molecule has 2 aromatic carbocycles. The molecule has 1 heterocycles. The lowest BCUT2D eigenvalue weighted by Gasteiger charge is -2.37. The topological polar surface area (TPSA) is 29.5 Å². The van der Waals surface area contributed by atoms with Gasteiger partial charge in [-0.1, -0.05) is 67.6 Å². The molecule has 1 amide bonds. The van der Waals surface area contributed by atoms with Gasteiger partial charge in [-0.2, -0.15) is 0 Å². The first kappa shape index (κ1) is 19.9. The maximum Gasteiger partial charge on any atom is 0.228 e. The molecule has 2 aliphatic rings. The highest BCUT2D eigenvalue weighted by atomic mass is 16.5. The van der Waals surface area contributed by atoms with Crippen molar-refractivity contribution in [3.8, 4) is 0 Å². The van der Waals surface area contributed by atoms with Crippen LogP contribution < -0.4 is 0 Å². The summed E-state index contributed by atoms with van der Waals surface area (Å²) in [4.78, 5) is 15.9. The molecule has 3 heteroatoms. The third-order valence-corrected chi connectivity index (χ3v) is 6.49. The fraction of sp³-hybridized carbons (Fsp3) is 0.423. The number of allylic oxidation sites excluding steroid dienone is 1. The minimum Gasteiger partial charge on any atom is -0.350 e. The van der Waals surface area contributed by atoms with E-state index in [1.54, 1.807) is 0 Å². The molecule has 3 nitrogen and oxygen atoms in total. The van der Waals surface area contributed by atoms with Gasteiger partial charge in [0.25, 0.3) is 0 Å². The second kappa shape index (κ2) is 7.79. The third-order valence-electron chi connectivity index (χ3n) is 6.49. The quantitative estimate of drug-likeness (QED) is 0.599. The Morgan fingerprint density at radius 2 is 1.90 bits per heavy atom. The largest absolute Gasteiger partial charge is 0.350 e. The van der Waals surface area contributed by atoms with Crippen molar-refractivity contribution in [2.24, 2.45) is 5.92 Å². The van der Waals surface area contributed by atoms with Crippen LogP contribution in [0, 0.1) is 5.92 Å². The lowest BCUT2D eigenvalue weighted by atomic mass is 9.87. The maximum absolute atomic E-state index is 13.9. The van der Waals surface area contributed by atoms with Crippen LogP contribution in [-0.2, 0) is 16.0 Å². The van der Waals surface area contributed by atoms with Gasteiger partial charge in [0.1, 0.15) is 5.72 Å². The number of nitrogens with zero attached hydrogens (tertiary/aromatic N) is 1. The van der Waals surface area contributed by atoms with Gasteiger partial charge in [-0.15, -0.1) is 6.58 Å². The number of hydrogen-bond acceptors (Lipinski definition) is 2. The van der Waals surface area contributed by atoms with E-state index in [1.807, 2.05) is 30.9 Å². The predicted molar refractivity (Wildman–Crippen MR) is 116 cm³/mol. The Morgan fingerprint density at radius 1 is 1.21 bits per heavy atom. The first-order chi connectivity index (χ1) is 13.9. The van der Waals surface area contributed by atoms with Crippen molar-refractivity contribution in [1.29, 1.82) is 0 Å². The number of benzene rings is 2. The van der Waals surface area contributed by atoms with Crippen LogP contribution in [-0.4, -0.2) is 22.6 Å². The molecular formula is C26H31NO2. The molecule has 4 rings (SSSR count). The number of amides is 1. The molecule has 1 aliphatic heterocycles. The van der Waals surface area contributed by atoms with E-state index in [-0.39, 0.29) is 24.0 Å². The molecule has 0 bridgehead atoms. The fourth-order valence-electron chi connectivity index (χ4n) is 5.15.